The van der Waals surface area contributed by atoms with Gasteiger partial charge in [0.2, 0.25) is 0 Å². The SMILES string of the molecule is CNCCCN(C)CCN1CCN(c2cccc3c(C(=O)C(=O)N4CCN(C(=O)c5ccccc5)C[C@H]4C)c[nH]c23)C1=O. The average Bonchev–Trinajstić information content (AvgIpc) is 3.62. The first-order valence-electron chi connectivity index (χ1n) is 15.0. The van der Waals surface area contributed by atoms with Crippen molar-refractivity contribution in [3.8, 4) is 0 Å². The molecule has 0 saturated carbocycles. The first-order chi connectivity index (χ1) is 20.8. The van der Waals surface area contributed by atoms with Crippen LogP contribution in [-0.2, 0) is 4.79 Å². The van der Waals surface area contributed by atoms with Gasteiger partial charge in [0.15, 0.2) is 0 Å². The molecule has 0 unspecified atom stereocenters. The molecule has 0 radical (unpaired) electrons. The Morgan fingerprint density at radius 3 is 2.53 bits per heavy atom. The van der Waals surface area contributed by atoms with Gasteiger partial charge in [0.25, 0.3) is 17.6 Å². The van der Waals surface area contributed by atoms with Crippen LogP contribution in [0.2, 0.25) is 0 Å². The number of fused-ring (bicyclic) bond motifs is 1. The zero-order valence-corrected chi connectivity index (χ0v) is 25.2. The smallest absolute Gasteiger partial charge is 0.324 e. The van der Waals surface area contributed by atoms with Crippen LogP contribution in [-0.4, -0.2) is 127 Å². The molecule has 0 bridgehead atoms. The number of H-pyrrole nitrogens is 1. The number of rotatable bonds is 11. The van der Waals surface area contributed by atoms with Crippen LogP contribution in [0.1, 0.15) is 34.1 Å². The van der Waals surface area contributed by atoms with Crippen LogP contribution >= 0.6 is 0 Å². The maximum Gasteiger partial charge on any atom is 0.324 e. The van der Waals surface area contributed by atoms with Crippen LogP contribution in [0.25, 0.3) is 10.9 Å². The minimum atomic E-state index is -0.603. The molecule has 2 fully saturated rings. The Balaban J connectivity index is 1.24. The predicted octanol–water partition coefficient (Wildman–Crippen LogP) is 2.51. The number of likely N-dealkylation sites (N-methyl/N-ethyl adjacent to an activating group) is 1. The molecular weight excluding hydrogens is 546 g/mol. The van der Waals surface area contributed by atoms with Gasteiger partial charge in [-0.2, -0.15) is 0 Å². The van der Waals surface area contributed by atoms with Crippen LogP contribution in [0.5, 0.6) is 0 Å². The molecule has 43 heavy (non-hydrogen) atoms. The molecule has 0 aliphatic carbocycles. The monoisotopic (exact) mass is 587 g/mol. The summed E-state index contributed by atoms with van der Waals surface area (Å²) in [6.07, 6.45) is 2.61. The second kappa shape index (κ2) is 13.4. The first kappa shape index (κ1) is 30.2. The van der Waals surface area contributed by atoms with Crippen molar-refractivity contribution in [1.82, 2.24) is 29.9 Å². The van der Waals surface area contributed by atoms with Crippen LogP contribution < -0.4 is 10.2 Å². The molecule has 5 rings (SSSR count). The van der Waals surface area contributed by atoms with E-state index in [9.17, 15) is 19.2 Å². The van der Waals surface area contributed by atoms with Crippen molar-refractivity contribution in [1.29, 1.82) is 0 Å². The van der Waals surface area contributed by atoms with Crippen LogP contribution in [0.15, 0.2) is 54.7 Å². The van der Waals surface area contributed by atoms with E-state index in [1.807, 2.05) is 49.2 Å². The molecule has 2 aromatic carbocycles. The van der Waals surface area contributed by atoms with Crippen LogP contribution in [0.3, 0.4) is 0 Å². The number of ketones is 1. The number of aromatic nitrogens is 1. The summed E-state index contributed by atoms with van der Waals surface area (Å²) in [4.78, 5) is 65.4. The lowest BCUT2D eigenvalue weighted by molar-refractivity contribution is -0.130. The molecule has 2 saturated heterocycles. The van der Waals surface area contributed by atoms with Crippen molar-refractivity contribution < 1.29 is 19.2 Å². The summed E-state index contributed by atoms with van der Waals surface area (Å²) < 4.78 is 0. The lowest BCUT2D eigenvalue weighted by Gasteiger charge is -2.39. The zero-order chi connectivity index (χ0) is 30.5. The molecule has 3 heterocycles. The highest BCUT2D eigenvalue weighted by molar-refractivity contribution is 6.45. The number of para-hydroxylation sites is 1. The van der Waals surface area contributed by atoms with Crippen molar-refractivity contribution in [2.24, 2.45) is 0 Å². The Morgan fingerprint density at radius 1 is 1.00 bits per heavy atom. The van der Waals surface area contributed by atoms with Crippen molar-refractivity contribution in [3.05, 3.63) is 65.9 Å². The fourth-order valence-corrected chi connectivity index (χ4v) is 5.95. The summed E-state index contributed by atoms with van der Waals surface area (Å²) in [6.45, 7) is 7.38. The maximum absolute atomic E-state index is 13.5. The van der Waals surface area contributed by atoms with Crippen molar-refractivity contribution in [3.63, 3.8) is 0 Å². The number of Topliss-reactive ketones (excluding diaryl/α,β-unsaturated/α-hetero) is 1. The number of hydrogen-bond donors (Lipinski definition) is 2. The van der Waals surface area contributed by atoms with E-state index in [-0.39, 0.29) is 30.1 Å². The number of benzene rings is 2. The number of aromatic amines is 1. The van der Waals surface area contributed by atoms with Gasteiger partial charge in [-0.05, 0) is 58.7 Å². The van der Waals surface area contributed by atoms with Gasteiger partial charge in [-0.3, -0.25) is 19.3 Å². The topological polar surface area (TPSA) is 112 Å². The Kier molecular flexibility index (Phi) is 9.42. The fourth-order valence-electron chi connectivity index (χ4n) is 5.95. The summed E-state index contributed by atoms with van der Waals surface area (Å²) in [5.41, 5.74) is 2.24. The van der Waals surface area contributed by atoms with E-state index in [0.717, 1.165) is 26.1 Å². The van der Waals surface area contributed by atoms with E-state index in [1.54, 1.807) is 39.1 Å². The summed E-state index contributed by atoms with van der Waals surface area (Å²) in [5, 5.41) is 3.76. The molecule has 2 aliphatic heterocycles. The van der Waals surface area contributed by atoms with Crippen molar-refractivity contribution >= 4 is 40.2 Å². The Bertz CT molecular complexity index is 1470. The number of urea groups is 1. The maximum atomic E-state index is 13.5. The number of piperazine rings is 1. The highest BCUT2D eigenvalue weighted by Crippen LogP contribution is 2.31. The van der Waals surface area contributed by atoms with Gasteiger partial charge in [0.05, 0.1) is 16.8 Å². The number of carbonyl (C=O) groups excluding carboxylic acids is 4. The molecule has 1 atom stereocenters. The molecule has 4 amide bonds. The second-order valence-corrected chi connectivity index (χ2v) is 11.4. The summed E-state index contributed by atoms with van der Waals surface area (Å²) in [5.74, 6) is -1.27. The Morgan fingerprint density at radius 2 is 1.79 bits per heavy atom. The average molecular weight is 588 g/mol. The van der Waals surface area contributed by atoms with Gasteiger partial charge in [0, 0.05) is 69.0 Å². The van der Waals surface area contributed by atoms with Crippen molar-refractivity contribution in [2.45, 2.75) is 19.4 Å². The number of nitrogens with zero attached hydrogens (tertiary/aromatic N) is 5. The molecular formula is C32H41N7O4. The Hall–Kier alpha value is -4.22. The highest BCUT2D eigenvalue weighted by Gasteiger charge is 2.35. The van der Waals surface area contributed by atoms with Gasteiger partial charge in [0.1, 0.15) is 0 Å². The predicted molar refractivity (Wildman–Crippen MR) is 167 cm³/mol. The van der Waals surface area contributed by atoms with Crippen molar-refractivity contribution in [2.75, 3.05) is 77.9 Å². The quantitative estimate of drug-likeness (QED) is 0.203. The number of anilines is 1. The minimum absolute atomic E-state index is 0.0635. The lowest BCUT2D eigenvalue weighted by Crippen LogP contribution is -2.56. The standard InChI is InChI=1S/C32H41N7O4/c1-23-22-37(30(41)24-9-5-4-6-10-24)18-19-38(23)31(42)29(40)26-21-34-28-25(26)11-7-12-27(28)39-20-17-36(32(39)43)16-15-35(3)14-8-13-33-2/h4-7,9-12,21,23,33-34H,8,13-20,22H2,1-3H3/t23-/m1/s1. The minimum Gasteiger partial charge on any atom is -0.359 e. The van der Waals surface area contributed by atoms with E-state index >= 15 is 0 Å². The normalized spacial score (nSPS) is 17.4. The number of nitrogens with one attached hydrogen (secondary N) is 2. The third-order valence-electron chi connectivity index (χ3n) is 8.43. The van der Waals surface area contributed by atoms with E-state index in [2.05, 4.69) is 22.2 Å². The second-order valence-electron chi connectivity index (χ2n) is 11.4. The molecule has 2 aliphatic rings. The van der Waals surface area contributed by atoms with E-state index in [4.69, 9.17) is 0 Å². The highest BCUT2D eigenvalue weighted by atomic mass is 16.2. The molecule has 2 N–H and O–H groups in total. The zero-order valence-electron chi connectivity index (χ0n) is 25.2. The van der Waals surface area contributed by atoms with E-state index < -0.39 is 11.7 Å². The molecule has 11 heteroatoms. The molecule has 0 spiro atoms. The summed E-state index contributed by atoms with van der Waals surface area (Å²) in [6, 6.07) is 14.2. The van der Waals surface area contributed by atoms with E-state index in [1.165, 1.54) is 0 Å². The number of hydrogen-bond acceptors (Lipinski definition) is 6. The molecule has 1 aromatic heterocycles. The molecule has 228 valence electrons. The Labute approximate surface area is 252 Å². The third kappa shape index (κ3) is 6.42. The van der Waals surface area contributed by atoms with Gasteiger partial charge in [-0.1, -0.05) is 30.3 Å². The molecule has 11 nitrogen and oxygen atoms in total. The number of amides is 4. The summed E-state index contributed by atoms with van der Waals surface area (Å²) >= 11 is 0. The van der Waals surface area contributed by atoms with E-state index in [0.29, 0.717) is 54.9 Å². The fraction of sp³-hybridized carbons (Fsp3) is 0.438. The van der Waals surface area contributed by atoms with Crippen LogP contribution in [0, 0.1) is 0 Å². The van der Waals surface area contributed by atoms with Gasteiger partial charge >= 0.3 is 6.03 Å². The largest absolute Gasteiger partial charge is 0.359 e. The molecule has 3 aromatic rings. The van der Waals surface area contributed by atoms with Gasteiger partial charge in [-0.15, -0.1) is 0 Å². The lowest BCUT2D eigenvalue weighted by atomic mass is 10.1. The van der Waals surface area contributed by atoms with Gasteiger partial charge < -0.3 is 29.9 Å². The third-order valence-corrected chi connectivity index (χ3v) is 8.43. The van der Waals surface area contributed by atoms with Gasteiger partial charge in [-0.25, -0.2) is 4.79 Å². The first-order valence-corrected chi connectivity index (χ1v) is 15.0. The summed E-state index contributed by atoms with van der Waals surface area (Å²) in [7, 11) is 4.01. The number of carbonyl (C=O) groups is 4. The van der Waals surface area contributed by atoms with Crippen LogP contribution in [0.4, 0.5) is 10.5 Å².